The molecule has 0 aliphatic heterocycles. The average molecular weight is 440 g/mol. The summed E-state index contributed by atoms with van der Waals surface area (Å²) in [7, 11) is 0. The molecule has 0 saturated heterocycles. The van der Waals surface area contributed by atoms with E-state index in [2.05, 4.69) is 21.2 Å². The monoisotopic (exact) mass is 439 g/mol. The third-order valence-electron chi connectivity index (χ3n) is 2.93. The van der Waals surface area contributed by atoms with Crippen LogP contribution in [0, 0.1) is 0 Å². The van der Waals surface area contributed by atoms with E-state index in [9.17, 15) is 14.4 Å². The van der Waals surface area contributed by atoms with Crippen LogP contribution in [0.3, 0.4) is 0 Å². The lowest BCUT2D eigenvalue weighted by molar-refractivity contribution is 0.0475. The van der Waals surface area contributed by atoms with Crippen molar-refractivity contribution in [1.29, 1.82) is 0 Å². The second-order valence-electron chi connectivity index (χ2n) is 6.31. The molecular weight excluding hydrogens is 422 g/mol. The maximum Gasteiger partial charge on any atom is 0.412 e. The predicted molar refractivity (Wildman–Crippen MR) is 103 cm³/mol. The van der Waals surface area contributed by atoms with Crippen LogP contribution in [0.4, 0.5) is 10.5 Å². The Labute approximate surface area is 163 Å². The van der Waals surface area contributed by atoms with Gasteiger partial charge >= 0.3 is 12.1 Å². The number of ketones is 1. The van der Waals surface area contributed by atoms with Gasteiger partial charge in [-0.3, -0.25) is 10.1 Å². The van der Waals surface area contributed by atoms with Crippen LogP contribution in [0.2, 0.25) is 0 Å². The van der Waals surface area contributed by atoms with E-state index in [-0.39, 0.29) is 18.0 Å². The molecule has 0 saturated carbocycles. The van der Waals surface area contributed by atoms with E-state index in [1.165, 1.54) is 23.5 Å². The van der Waals surface area contributed by atoms with Gasteiger partial charge in [0.1, 0.15) is 5.60 Å². The van der Waals surface area contributed by atoms with Crippen LogP contribution in [0.25, 0.3) is 0 Å². The summed E-state index contributed by atoms with van der Waals surface area (Å²) in [5.74, 6) is -0.932. The second kappa shape index (κ2) is 8.46. The fourth-order valence-corrected chi connectivity index (χ4v) is 3.21. The van der Waals surface area contributed by atoms with Crippen molar-refractivity contribution in [2.24, 2.45) is 0 Å². The highest BCUT2D eigenvalue weighted by molar-refractivity contribution is 9.11. The molecule has 1 aromatic carbocycles. The number of nitrogens with one attached hydrogen (secondary N) is 1. The normalized spacial score (nSPS) is 10.9. The third-order valence-corrected chi connectivity index (χ3v) is 4.59. The number of rotatable bonds is 5. The minimum atomic E-state index is -0.651. The lowest BCUT2D eigenvalue weighted by atomic mass is 10.2. The fraction of sp³-hybridized carbons (Fsp3) is 0.278. The van der Waals surface area contributed by atoms with Crippen molar-refractivity contribution in [2.45, 2.75) is 26.4 Å². The highest BCUT2D eigenvalue weighted by Gasteiger charge is 2.17. The molecule has 0 aliphatic carbocycles. The third kappa shape index (κ3) is 6.27. The molecule has 1 amide bonds. The number of carbonyl (C=O) groups is 3. The molecule has 1 N–H and O–H groups in total. The Morgan fingerprint density at radius 3 is 2.50 bits per heavy atom. The van der Waals surface area contributed by atoms with Gasteiger partial charge in [-0.25, -0.2) is 9.59 Å². The number of benzene rings is 1. The van der Waals surface area contributed by atoms with Crippen LogP contribution in [0.5, 0.6) is 0 Å². The van der Waals surface area contributed by atoms with Gasteiger partial charge in [0.2, 0.25) is 5.78 Å². The van der Waals surface area contributed by atoms with Crippen molar-refractivity contribution >= 4 is 50.8 Å². The van der Waals surface area contributed by atoms with Crippen molar-refractivity contribution in [2.75, 3.05) is 11.9 Å². The standard InChI is InChI=1S/C18H18BrNO5S/c1-18(2,3)25-17(23)20-12-6-4-5-11(9-12)16(22)24-10-13(21)14-7-8-15(19)26-14/h4-9H,10H2,1-3H3,(H,20,23). The first-order chi connectivity index (χ1) is 12.1. The number of hydrogen-bond acceptors (Lipinski definition) is 6. The van der Waals surface area contributed by atoms with Gasteiger partial charge in [0.05, 0.1) is 14.2 Å². The highest BCUT2D eigenvalue weighted by Crippen LogP contribution is 2.22. The zero-order chi connectivity index (χ0) is 19.3. The molecular formula is C18H18BrNO5S. The molecule has 0 radical (unpaired) electrons. The predicted octanol–water partition coefficient (Wildman–Crippen LogP) is 4.90. The number of ether oxygens (including phenoxy) is 2. The first kappa shape index (κ1) is 20.1. The summed E-state index contributed by atoms with van der Waals surface area (Å²) in [5.41, 5.74) is -0.0152. The first-order valence-corrected chi connectivity index (χ1v) is 9.31. The van der Waals surface area contributed by atoms with E-state index in [4.69, 9.17) is 9.47 Å². The molecule has 1 heterocycles. The molecule has 0 fully saturated rings. The van der Waals surface area contributed by atoms with Gasteiger partial charge in [-0.1, -0.05) is 6.07 Å². The van der Waals surface area contributed by atoms with Crippen molar-refractivity contribution in [1.82, 2.24) is 0 Å². The summed E-state index contributed by atoms with van der Waals surface area (Å²) in [5, 5.41) is 2.55. The van der Waals surface area contributed by atoms with Crippen molar-refractivity contribution in [3.05, 3.63) is 50.6 Å². The maximum absolute atomic E-state index is 12.1. The molecule has 8 heteroatoms. The van der Waals surface area contributed by atoms with Crippen LogP contribution in [-0.2, 0) is 9.47 Å². The zero-order valence-electron chi connectivity index (χ0n) is 14.5. The van der Waals surface area contributed by atoms with Gasteiger partial charge in [0.25, 0.3) is 0 Å². The summed E-state index contributed by atoms with van der Waals surface area (Å²) >= 11 is 4.55. The summed E-state index contributed by atoms with van der Waals surface area (Å²) in [6, 6.07) is 9.63. The quantitative estimate of drug-likeness (QED) is 0.529. The summed E-state index contributed by atoms with van der Waals surface area (Å²) in [6.45, 7) is 4.91. The fourth-order valence-electron chi connectivity index (χ4n) is 1.90. The number of halogens is 1. The van der Waals surface area contributed by atoms with Gasteiger partial charge < -0.3 is 9.47 Å². The van der Waals surface area contributed by atoms with E-state index in [1.807, 2.05) is 0 Å². The molecule has 0 unspecified atom stereocenters. The Morgan fingerprint density at radius 1 is 1.15 bits per heavy atom. The van der Waals surface area contributed by atoms with Crippen molar-refractivity contribution < 1.29 is 23.9 Å². The molecule has 0 aliphatic rings. The van der Waals surface area contributed by atoms with Crippen LogP contribution >= 0.6 is 27.3 Å². The van der Waals surface area contributed by atoms with Crippen molar-refractivity contribution in [3.8, 4) is 0 Å². The Bertz CT molecular complexity index is 825. The number of amides is 1. The Balaban J connectivity index is 1.95. The number of Topliss-reactive ketones (excluding diaryl/α,β-unsaturated/α-hetero) is 1. The van der Waals surface area contributed by atoms with Gasteiger partial charge in [0, 0.05) is 5.69 Å². The number of hydrogen-bond donors (Lipinski definition) is 1. The van der Waals surface area contributed by atoms with E-state index in [1.54, 1.807) is 45.0 Å². The number of esters is 1. The molecule has 1 aromatic heterocycles. The number of carbonyl (C=O) groups excluding carboxylic acids is 3. The highest BCUT2D eigenvalue weighted by atomic mass is 79.9. The van der Waals surface area contributed by atoms with Gasteiger partial charge in [0.15, 0.2) is 6.61 Å². The van der Waals surface area contributed by atoms with Crippen LogP contribution < -0.4 is 5.32 Å². The Kier molecular flexibility index (Phi) is 6.55. The Hall–Kier alpha value is -2.19. The SMILES string of the molecule is CC(C)(C)OC(=O)Nc1cccc(C(=O)OCC(=O)c2ccc(Br)s2)c1. The molecule has 0 atom stereocenters. The largest absolute Gasteiger partial charge is 0.454 e. The lowest BCUT2D eigenvalue weighted by Crippen LogP contribution is -2.27. The molecule has 26 heavy (non-hydrogen) atoms. The van der Waals surface area contributed by atoms with Gasteiger partial charge in [-0.15, -0.1) is 11.3 Å². The minimum Gasteiger partial charge on any atom is -0.454 e. The van der Waals surface area contributed by atoms with E-state index in [0.29, 0.717) is 10.6 Å². The maximum atomic E-state index is 12.1. The second-order valence-corrected chi connectivity index (χ2v) is 8.77. The topological polar surface area (TPSA) is 81.7 Å². The molecule has 138 valence electrons. The molecule has 2 rings (SSSR count). The number of thiophene rings is 1. The lowest BCUT2D eigenvalue weighted by Gasteiger charge is -2.19. The van der Waals surface area contributed by atoms with Crippen LogP contribution in [0.1, 0.15) is 40.8 Å². The average Bonchev–Trinajstić information content (AvgIpc) is 2.97. The summed E-state index contributed by atoms with van der Waals surface area (Å²) in [6.07, 6.45) is -0.624. The minimum absolute atomic E-state index is 0.221. The van der Waals surface area contributed by atoms with Crippen LogP contribution in [0.15, 0.2) is 40.2 Å². The van der Waals surface area contributed by atoms with Crippen molar-refractivity contribution in [3.63, 3.8) is 0 Å². The smallest absolute Gasteiger partial charge is 0.412 e. The number of anilines is 1. The summed E-state index contributed by atoms with van der Waals surface area (Å²) in [4.78, 5) is 36.4. The molecule has 0 spiro atoms. The first-order valence-electron chi connectivity index (χ1n) is 7.70. The Morgan fingerprint density at radius 2 is 1.88 bits per heavy atom. The van der Waals surface area contributed by atoms with E-state index < -0.39 is 17.7 Å². The summed E-state index contributed by atoms with van der Waals surface area (Å²) < 4.78 is 11.0. The van der Waals surface area contributed by atoms with E-state index >= 15 is 0 Å². The molecule has 0 bridgehead atoms. The van der Waals surface area contributed by atoms with Gasteiger partial charge in [-0.05, 0) is 67.0 Å². The van der Waals surface area contributed by atoms with Gasteiger partial charge in [-0.2, -0.15) is 0 Å². The molecule has 2 aromatic rings. The van der Waals surface area contributed by atoms with Crippen LogP contribution in [-0.4, -0.2) is 30.1 Å². The van der Waals surface area contributed by atoms with E-state index in [0.717, 1.165) is 3.79 Å². The molecule has 6 nitrogen and oxygen atoms in total. The zero-order valence-corrected chi connectivity index (χ0v) is 16.9.